The van der Waals surface area contributed by atoms with Crippen molar-refractivity contribution in [3.05, 3.63) is 12.0 Å². The summed E-state index contributed by atoms with van der Waals surface area (Å²) in [7, 11) is 1.66. The van der Waals surface area contributed by atoms with Crippen LogP contribution >= 0.6 is 0 Å². The van der Waals surface area contributed by atoms with Gasteiger partial charge in [0.1, 0.15) is 6.33 Å². The molecule has 6 nitrogen and oxygen atoms in total. The molecule has 0 spiro atoms. The van der Waals surface area contributed by atoms with Crippen LogP contribution in [-0.2, 0) is 4.79 Å². The van der Waals surface area contributed by atoms with Crippen LogP contribution in [0.3, 0.4) is 0 Å². The molecule has 1 amide bonds. The first-order valence-corrected chi connectivity index (χ1v) is 8.10. The van der Waals surface area contributed by atoms with E-state index in [9.17, 15) is 4.79 Å². The molecule has 0 saturated carbocycles. The fourth-order valence-corrected chi connectivity index (χ4v) is 3.52. The third-order valence-electron chi connectivity index (χ3n) is 4.73. The molecule has 0 unspecified atom stereocenters. The van der Waals surface area contributed by atoms with Crippen molar-refractivity contribution >= 4 is 11.7 Å². The average molecular weight is 304 g/mol. The van der Waals surface area contributed by atoms with Gasteiger partial charge in [0.05, 0.1) is 12.8 Å². The summed E-state index contributed by atoms with van der Waals surface area (Å²) < 4.78 is 5.46. The number of aromatic nitrogens is 2. The van der Waals surface area contributed by atoms with Gasteiger partial charge in [0.15, 0.2) is 11.6 Å². The Morgan fingerprint density at radius 2 is 1.95 bits per heavy atom. The molecule has 22 heavy (non-hydrogen) atoms. The second-order valence-corrected chi connectivity index (χ2v) is 6.08. The minimum Gasteiger partial charge on any atom is -0.491 e. The predicted octanol–water partition coefficient (Wildman–Crippen LogP) is 1.77. The van der Waals surface area contributed by atoms with Gasteiger partial charge in [-0.05, 0) is 32.6 Å². The topological polar surface area (TPSA) is 58.6 Å². The first kappa shape index (κ1) is 15.1. The van der Waals surface area contributed by atoms with Gasteiger partial charge < -0.3 is 14.5 Å². The van der Waals surface area contributed by atoms with Crippen LogP contribution in [0.15, 0.2) is 6.33 Å². The second-order valence-electron chi connectivity index (χ2n) is 6.08. The summed E-state index contributed by atoms with van der Waals surface area (Å²) in [6.07, 6.45) is 6.50. The molecule has 2 aliphatic heterocycles. The van der Waals surface area contributed by atoms with E-state index in [4.69, 9.17) is 4.74 Å². The highest BCUT2D eigenvalue weighted by molar-refractivity contribution is 5.77. The van der Waals surface area contributed by atoms with Crippen molar-refractivity contribution in [2.75, 3.05) is 31.6 Å². The van der Waals surface area contributed by atoms with E-state index in [2.05, 4.69) is 19.8 Å². The summed E-state index contributed by atoms with van der Waals surface area (Å²) in [6.45, 7) is 4.67. The summed E-state index contributed by atoms with van der Waals surface area (Å²) in [4.78, 5) is 25.0. The van der Waals surface area contributed by atoms with E-state index in [1.165, 1.54) is 0 Å². The quantitative estimate of drug-likeness (QED) is 0.852. The van der Waals surface area contributed by atoms with Crippen molar-refractivity contribution in [3.8, 4) is 5.75 Å². The highest BCUT2D eigenvalue weighted by atomic mass is 16.5. The molecule has 0 atom stereocenters. The van der Waals surface area contributed by atoms with E-state index in [0.717, 1.165) is 69.0 Å². The summed E-state index contributed by atoms with van der Waals surface area (Å²) in [6, 6.07) is 0.387. The summed E-state index contributed by atoms with van der Waals surface area (Å²) in [5.41, 5.74) is 0.862. The molecule has 1 aromatic rings. The average Bonchev–Trinajstić information content (AvgIpc) is 2.55. The van der Waals surface area contributed by atoms with Gasteiger partial charge in [-0.2, -0.15) is 0 Å². The Labute approximate surface area is 131 Å². The molecule has 0 bridgehead atoms. The SMILES string of the molecule is COc1c(C)ncnc1N1CCC(N2CCCCC2=O)CC1. The van der Waals surface area contributed by atoms with Gasteiger partial charge in [-0.15, -0.1) is 0 Å². The molecule has 0 radical (unpaired) electrons. The minimum absolute atomic E-state index is 0.333. The fourth-order valence-electron chi connectivity index (χ4n) is 3.52. The molecule has 0 N–H and O–H groups in total. The Morgan fingerprint density at radius 1 is 1.18 bits per heavy atom. The Morgan fingerprint density at radius 3 is 2.64 bits per heavy atom. The second kappa shape index (κ2) is 6.50. The molecule has 3 rings (SSSR count). The van der Waals surface area contributed by atoms with Crippen LogP contribution < -0.4 is 9.64 Å². The molecule has 2 aliphatic rings. The molecule has 2 fully saturated rings. The lowest BCUT2D eigenvalue weighted by molar-refractivity contribution is -0.136. The van der Waals surface area contributed by atoms with Crippen LogP contribution in [0, 0.1) is 6.92 Å². The number of likely N-dealkylation sites (tertiary alicyclic amines) is 1. The maximum absolute atomic E-state index is 12.1. The Hall–Kier alpha value is -1.85. The van der Waals surface area contributed by atoms with Gasteiger partial charge in [-0.25, -0.2) is 9.97 Å². The lowest BCUT2D eigenvalue weighted by Gasteiger charge is -2.40. The monoisotopic (exact) mass is 304 g/mol. The fraction of sp³-hybridized carbons (Fsp3) is 0.688. The van der Waals surface area contributed by atoms with Crippen molar-refractivity contribution < 1.29 is 9.53 Å². The highest BCUT2D eigenvalue weighted by Gasteiger charge is 2.30. The molecule has 120 valence electrons. The first-order valence-electron chi connectivity index (χ1n) is 8.10. The third kappa shape index (κ3) is 2.87. The van der Waals surface area contributed by atoms with Gasteiger partial charge in [0.2, 0.25) is 5.91 Å². The molecule has 6 heteroatoms. The number of nitrogens with zero attached hydrogens (tertiary/aromatic N) is 4. The number of hydrogen-bond acceptors (Lipinski definition) is 5. The number of piperidine rings is 2. The van der Waals surface area contributed by atoms with Crippen molar-refractivity contribution in [2.24, 2.45) is 0 Å². The van der Waals surface area contributed by atoms with Crippen LogP contribution in [0.4, 0.5) is 5.82 Å². The largest absolute Gasteiger partial charge is 0.491 e. The number of methoxy groups -OCH3 is 1. The van der Waals surface area contributed by atoms with Crippen LogP contribution in [0.5, 0.6) is 5.75 Å². The van der Waals surface area contributed by atoms with Gasteiger partial charge in [0, 0.05) is 32.1 Å². The van der Waals surface area contributed by atoms with E-state index in [1.54, 1.807) is 13.4 Å². The van der Waals surface area contributed by atoms with E-state index in [0.29, 0.717) is 11.9 Å². The number of ether oxygens (including phenoxy) is 1. The minimum atomic E-state index is 0.333. The number of hydrogen-bond donors (Lipinski definition) is 0. The molecular weight excluding hydrogens is 280 g/mol. The standard InChI is InChI=1S/C16H24N4O2/c1-12-15(22-2)16(18-11-17-12)19-9-6-13(7-10-19)20-8-4-3-5-14(20)21/h11,13H,3-10H2,1-2H3. The number of anilines is 1. The van der Waals surface area contributed by atoms with E-state index < -0.39 is 0 Å². The van der Waals surface area contributed by atoms with Crippen molar-refractivity contribution in [3.63, 3.8) is 0 Å². The maximum atomic E-state index is 12.1. The van der Waals surface area contributed by atoms with E-state index in [1.807, 2.05) is 6.92 Å². The molecule has 3 heterocycles. The summed E-state index contributed by atoms with van der Waals surface area (Å²) >= 11 is 0. The van der Waals surface area contributed by atoms with E-state index >= 15 is 0 Å². The maximum Gasteiger partial charge on any atom is 0.222 e. The lowest BCUT2D eigenvalue weighted by atomic mass is 9.99. The Bertz CT molecular complexity index is 541. The molecule has 0 aliphatic carbocycles. The number of carbonyl (C=O) groups excluding carboxylic acids is 1. The third-order valence-corrected chi connectivity index (χ3v) is 4.73. The summed E-state index contributed by atoms with van der Waals surface area (Å²) in [5, 5.41) is 0. The zero-order chi connectivity index (χ0) is 15.5. The van der Waals surface area contributed by atoms with Crippen molar-refractivity contribution in [2.45, 2.75) is 45.1 Å². The van der Waals surface area contributed by atoms with Gasteiger partial charge in [-0.1, -0.05) is 0 Å². The van der Waals surface area contributed by atoms with Crippen LogP contribution in [0.2, 0.25) is 0 Å². The van der Waals surface area contributed by atoms with Crippen molar-refractivity contribution in [1.29, 1.82) is 0 Å². The van der Waals surface area contributed by atoms with Crippen LogP contribution in [0.25, 0.3) is 0 Å². The lowest BCUT2D eigenvalue weighted by Crippen LogP contribution is -2.49. The van der Waals surface area contributed by atoms with Gasteiger partial charge >= 0.3 is 0 Å². The number of aryl methyl sites for hydroxylation is 1. The molecule has 2 saturated heterocycles. The first-order chi connectivity index (χ1) is 10.7. The Balaban J connectivity index is 1.67. The summed E-state index contributed by atoms with van der Waals surface area (Å²) in [5.74, 6) is 1.97. The van der Waals surface area contributed by atoms with Gasteiger partial charge in [0.25, 0.3) is 0 Å². The number of amides is 1. The van der Waals surface area contributed by atoms with Gasteiger partial charge in [-0.3, -0.25) is 4.79 Å². The Kier molecular flexibility index (Phi) is 4.45. The zero-order valence-electron chi connectivity index (χ0n) is 13.4. The predicted molar refractivity (Wildman–Crippen MR) is 84.1 cm³/mol. The molecule has 0 aromatic carbocycles. The normalized spacial score (nSPS) is 20.4. The molecule has 1 aromatic heterocycles. The van der Waals surface area contributed by atoms with Crippen LogP contribution in [0.1, 0.15) is 37.8 Å². The number of carbonyl (C=O) groups is 1. The number of rotatable bonds is 3. The molecular formula is C16H24N4O2. The van der Waals surface area contributed by atoms with Crippen molar-refractivity contribution in [1.82, 2.24) is 14.9 Å². The van der Waals surface area contributed by atoms with Crippen LogP contribution in [-0.4, -0.2) is 53.6 Å². The smallest absolute Gasteiger partial charge is 0.222 e. The van der Waals surface area contributed by atoms with E-state index in [-0.39, 0.29) is 0 Å². The zero-order valence-corrected chi connectivity index (χ0v) is 13.4. The highest BCUT2D eigenvalue weighted by Crippen LogP contribution is 2.31.